The van der Waals surface area contributed by atoms with E-state index in [4.69, 9.17) is 0 Å². The Labute approximate surface area is 89.2 Å². The van der Waals surface area contributed by atoms with Crippen LogP contribution in [-0.4, -0.2) is 23.6 Å². The Bertz CT molecular complexity index is 457. The second kappa shape index (κ2) is 4.75. The minimum atomic E-state index is 1.01. The highest BCUT2D eigenvalue weighted by Gasteiger charge is 1.98. The molecule has 1 heterocycles. The number of imidazole rings is 1. The van der Waals surface area contributed by atoms with Crippen molar-refractivity contribution in [3.8, 4) is 0 Å². The van der Waals surface area contributed by atoms with E-state index in [0.717, 1.165) is 24.0 Å². The first kappa shape index (κ1) is 9.93. The molecule has 78 valence electrons. The fourth-order valence-electron chi connectivity index (χ4n) is 1.56. The van der Waals surface area contributed by atoms with Crippen molar-refractivity contribution in [3.05, 3.63) is 36.2 Å². The molecule has 0 unspecified atom stereocenters. The van der Waals surface area contributed by atoms with Crippen molar-refractivity contribution in [1.29, 1.82) is 0 Å². The summed E-state index contributed by atoms with van der Waals surface area (Å²) in [4.78, 5) is 7.40. The van der Waals surface area contributed by atoms with Crippen LogP contribution in [-0.2, 0) is 0 Å². The van der Waals surface area contributed by atoms with E-state index < -0.39 is 0 Å². The predicted octanol–water partition coefficient (Wildman–Crippen LogP) is 2.19. The topological polar surface area (TPSA) is 40.7 Å². The summed E-state index contributed by atoms with van der Waals surface area (Å²) < 4.78 is 0. The summed E-state index contributed by atoms with van der Waals surface area (Å²) >= 11 is 0. The van der Waals surface area contributed by atoms with Crippen molar-refractivity contribution in [2.75, 3.05) is 13.6 Å². The molecule has 0 atom stereocenters. The zero-order chi connectivity index (χ0) is 10.5. The van der Waals surface area contributed by atoms with E-state index in [1.54, 1.807) is 6.33 Å². The molecule has 3 heteroatoms. The molecule has 2 N–H and O–H groups in total. The molecule has 2 aromatic rings. The van der Waals surface area contributed by atoms with Gasteiger partial charge in [0.2, 0.25) is 0 Å². The van der Waals surface area contributed by atoms with Gasteiger partial charge in [-0.2, -0.15) is 0 Å². The lowest BCUT2D eigenvalue weighted by Gasteiger charge is -1.95. The Morgan fingerprint density at radius 1 is 1.47 bits per heavy atom. The van der Waals surface area contributed by atoms with Crippen LogP contribution in [0.1, 0.15) is 12.0 Å². The van der Waals surface area contributed by atoms with Gasteiger partial charge in [0.15, 0.2) is 0 Å². The lowest BCUT2D eigenvalue weighted by molar-refractivity contribution is 0.809. The van der Waals surface area contributed by atoms with Gasteiger partial charge in [0.1, 0.15) is 0 Å². The van der Waals surface area contributed by atoms with Crippen molar-refractivity contribution >= 4 is 17.1 Å². The molecule has 0 spiro atoms. The van der Waals surface area contributed by atoms with Crippen molar-refractivity contribution in [2.24, 2.45) is 0 Å². The predicted molar refractivity (Wildman–Crippen MR) is 63.7 cm³/mol. The van der Waals surface area contributed by atoms with Crippen molar-refractivity contribution in [3.63, 3.8) is 0 Å². The molecular formula is C12H15N3. The average molecular weight is 201 g/mol. The number of hydrogen-bond acceptors (Lipinski definition) is 2. The van der Waals surface area contributed by atoms with Crippen LogP contribution in [0.2, 0.25) is 0 Å². The molecule has 0 aliphatic rings. The van der Waals surface area contributed by atoms with Gasteiger partial charge in [0.05, 0.1) is 17.4 Å². The molecule has 0 saturated heterocycles. The molecule has 0 radical (unpaired) electrons. The van der Waals surface area contributed by atoms with Gasteiger partial charge in [-0.05, 0) is 26.1 Å². The average Bonchev–Trinajstić information content (AvgIpc) is 2.73. The van der Waals surface area contributed by atoms with Crippen LogP contribution in [0.4, 0.5) is 0 Å². The number of nitrogens with zero attached hydrogens (tertiary/aromatic N) is 1. The summed E-state index contributed by atoms with van der Waals surface area (Å²) in [6, 6.07) is 6.16. The summed E-state index contributed by atoms with van der Waals surface area (Å²) in [6.07, 6.45) is 7.06. The van der Waals surface area contributed by atoms with Crippen LogP contribution >= 0.6 is 0 Å². The monoisotopic (exact) mass is 201 g/mol. The normalized spacial score (nSPS) is 11.5. The quantitative estimate of drug-likeness (QED) is 0.744. The number of H-pyrrole nitrogens is 1. The number of nitrogens with one attached hydrogen (secondary N) is 2. The summed E-state index contributed by atoms with van der Waals surface area (Å²) in [7, 11) is 1.96. The summed E-state index contributed by atoms with van der Waals surface area (Å²) in [5, 5.41) is 3.11. The molecule has 0 amide bonds. The SMILES string of the molecule is CNCCC=Cc1cccc2[nH]cnc12. The van der Waals surface area contributed by atoms with Gasteiger partial charge in [-0.3, -0.25) is 0 Å². The first-order valence-electron chi connectivity index (χ1n) is 5.15. The first-order valence-corrected chi connectivity index (χ1v) is 5.15. The van der Waals surface area contributed by atoms with Gasteiger partial charge in [0.25, 0.3) is 0 Å². The fraction of sp³-hybridized carbons (Fsp3) is 0.250. The van der Waals surface area contributed by atoms with Crippen molar-refractivity contribution < 1.29 is 0 Å². The Kier molecular flexibility index (Phi) is 3.15. The number of fused-ring (bicyclic) bond motifs is 1. The Morgan fingerprint density at radius 3 is 3.27 bits per heavy atom. The summed E-state index contributed by atoms with van der Waals surface area (Å²) in [5.74, 6) is 0. The van der Waals surface area contributed by atoms with Gasteiger partial charge < -0.3 is 10.3 Å². The molecule has 0 bridgehead atoms. The minimum absolute atomic E-state index is 1.01. The standard InChI is InChI=1S/C12H15N3/c1-13-8-3-2-5-10-6-4-7-11-12(10)15-9-14-11/h2,4-7,9,13H,3,8H2,1H3,(H,14,15). The number of hydrogen-bond donors (Lipinski definition) is 2. The van der Waals surface area contributed by atoms with E-state index in [0.29, 0.717) is 0 Å². The van der Waals surface area contributed by atoms with Crippen LogP contribution in [0.5, 0.6) is 0 Å². The Morgan fingerprint density at radius 2 is 2.40 bits per heavy atom. The molecular weight excluding hydrogens is 186 g/mol. The molecule has 15 heavy (non-hydrogen) atoms. The highest BCUT2D eigenvalue weighted by molar-refractivity contribution is 5.84. The molecule has 0 saturated carbocycles. The Hall–Kier alpha value is -1.61. The van der Waals surface area contributed by atoms with Gasteiger partial charge >= 0.3 is 0 Å². The maximum absolute atomic E-state index is 4.30. The zero-order valence-electron chi connectivity index (χ0n) is 8.83. The molecule has 0 aliphatic carbocycles. The smallest absolute Gasteiger partial charge is 0.0954 e. The number of para-hydroxylation sites is 1. The van der Waals surface area contributed by atoms with Crippen molar-refractivity contribution in [2.45, 2.75) is 6.42 Å². The van der Waals surface area contributed by atoms with Crippen molar-refractivity contribution in [1.82, 2.24) is 15.3 Å². The van der Waals surface area contributed by atoms with Gasteiger partial charge in [-0.1, -0.05) is 24.3 Å². The third-order valence-electron chi connectivity index (χ3n) is 2.34. The molecule has 1 aromatic heterocycles. The van der Waals surface area contributed by atoms with Gasteiger partial charge in [-0.15, -0.1) is 0 Å². The maximum atomic E-state index is 4.30. The lowest BCUT2D eigenvalue weighted by atomic mass is 10.1. The Balaban J connectivity index is 2.20. The first-order chi connectivity index (χ1) is 7.42. The molecule has 2 rings (SSSR count). The molecule has 1 aromatic carbocycles. The van der Waals surface area contributed by atoms with E-state index >= 15 is 0 Å². The van der Waals surface area contributed by atoms with E-state index in [-0.39, 0.29) is 0 Å². The van der Waals surface area contributed by atoms with Crippen LogP contribution in [0.3, 0.4) is 0 Å². The highest BCUT2D eigenvalue weighted by Crippen LogP contribution is 2.15. The maximum Gasteiger partial charge on any atom is 0.0954 e. The van der Waals surface area contributed by atoms with Crippen LogP contribution < -0.4 is 5.32 Å². The van der Waals surface area contributed by atoms with Crippen LogP contribution in [0.25, 0.3) is 17.1 Å². The van der Waals surface area contributed by atoms with Gasteiger partial charge in [-0.25, -0.2) is 4.98 Å². The second-order valence-corrected chi connectivity index (χ2v) is 3.44. The number of rotatable bonds is 4. The summed E-state index contributed by atoms with van der Waals surface area (Å²) in [6.45, 7) is 1.01. The zero-order valence-corrected chi connectivity index (χ0v) is 8.83. The molecule has 0 aliphatic heterocycles. The third kappa shape index (κ3) is 2.25. The van der Waals surface area contributed by atoms with Crippen LogP contribution in [0, 0.1) is 0 Å². The molecule has 3 nitrogen and oxygen atoms in total. The van der Waals surface area contributed by atoms with E-state index in [2.05, 4.69) is 33.5 Å². The van der Waals surface area contributed by atoms with Crippen LogP contribution in [0.15, 0.2) is 30.6 Å². The molecule has 0 fully saturated rings. The highest BCUT2D eigenvalue weighted by atomic mass is 14.9. The van der Waals surface area contributed by atoms with Gasteiger partial charge in [0, 0.05) is 5.56 Å². The van der Waals surface area contributed by atoms with E-state index in [9.17, 15) is 0 Å². The van der Waals surface area contributed by atoms with E-state index in [1.165, 1.54) is 5.56 Å². The lowest BCUT2D eigenvalue weighted by Crippen LogP contribution is -2.05. The van der Waals surface area contributed by atoms with E-state index in [1.807, 2.05) is 19.2 Å². The fourth-order valence-corrected chi connectivity index (χ4v) is 1.56. The minimum Gasteiger partial charge on any atom is -0.345 e. The number of aromatic amines is 1. The largest absolute Gasteiger partial charge is 0.345 e. The third-order valence-corrected chi connectivity index (χ3v) is 2.34. The number of aromatic nitrogens is 2. The summed E-state index contributed by atoms with van der Waals surface area (Å²) in [5.41, 5.74) is 3.30. The number of benzene rings is 1. The second-order valence-electron chi connectivity index (χ2n) is 3.44.